The highest BCUT2D eigenvalue weighted by molar-refractivity contribution is 7.99. The minimum Gasteiger partial charge on any atom is -0.483 e. The zero-order valence-corrected chi connectivity index (χ0v) is 13.0. The predicted octanol–water partition coefficient (Wildman–Crippen LogP) is 1.71. The van der Waals surface area contributed by atoms with Crippen LogP contribution in [0, 0.1) is 13.8 Å². The van der Waals surface area contributed by atoms with Gasteiger partial charge in [-0.25, -0.2) is 4.79 Å². The van der Waals surface area contributed by atoms with E-state index in [1.807, 2.05) is 32.0 Å². The fraction of sp³-hybridized carbons (Fsp3) is 0.467. The van der Waals surface area contributed by atoms with E-state index in [4.69, 9.17) is 4.74 Å². The Morgan fingerprint density at radius 3 is 2.90 bits per heavy atom. The summed E-state index contributed by atoms with van der Waals surface area (Å²) >= 11 is 1.56. The molecule has 1 amide bonds. The van der Waals surface area contributed by atoms with E-state index in [0.717, 1.165) is 16.9 Å². The summed E-state index contributed by atoms with van der Waals surface area (Å²) in [5.74, 6) is 0.635. The van der Waals surface area contributed by atoms with Gasteiger partial charge in [-0.1, -0.05) is 12.1 Å². The van der Waals surface area contributed by atoms with Gasteiger partial charge in [0.1, 0.15) is 11.8 Å². The number of carboxylic acids is 1. The second-order valence-electron chi connectivity index (χ2n) is 5.07. The topological polar surface area (TPSA) is 66.8 Å². The molecule has 21 heavy (non-hydrogen) atoms. The van der Waals surface area contributed by atoms with Crippen LogP contribution in [0.15, 0.2) is 18.2 Å². The lowest BCUT2D eigenvalue weighted by Crippen LogP contribution is -2.51. The number of benzene rings is 1. The molecule has 0 saturated carbocycles. The second-order valence-corrected chi connectivity index (χ2v) is 6.22. The summed E-state index contributed by atoms with van der Waals surface area (Å²) in [5.41, 5.74) is 2.01. The average Bonchev–Trinajstić information content (AvgIpc) is 2.47. The number of amides is 1. The first-order valence-corrected chi connectivity index (χ1v) is 7.94. The van der Waals surface area contributed by atoms with Crippen molar-refractivity contribution in [1.29, 1.82) is 0 Å². The number of carboxylic acid groups (broad SMARTS) is 1. The first kappa shape index (κ1) is 15.7. The Hall–Kier alpha value is -1.69. The molecule has 0 radical (unpaired) electrons. The summed E-state index contributed by atoms with van der Waals surface area (Å²) in [6, 6.07) is 5.04. The van der Waals surface area contributed by atoms with Gasteiger partial charge in [0.2, 0.25) is 0 Å². The molecule has 114 valence electrons. The smallest absolute Gasteiger partial charge is 0.327 e. The van der Waals surface area contributed by atoms with Crippen LogP contribution in [0.5, 0.6) is 5.75 Å². The molecule has 1 aliphatic rings. The molecule has 0 aliphatic carbocycles. The van der Waals surface area contributed by atoms with E-state index >= 15 is 0 Å². The van der Waals surface area contributed by atoms with Gasteiger partial charge in [-0.05, 0) is 31.0 Å². The maximum Gasteiger partial charge on any atom is 0.327 e. The van der Waals surface area contributed by atoms with E-state index < -0.39 is 12.0 Å². The fourth-order valence-corrected chi connectivity index (χ4v) is 3.23. The van der Waals surface area contributed by atoms with Crippen molar-refractivity contribution < 1.29 is 19.4 Å². The monoisotopic (exact) mass is 309 g/mol. The molecule has 0 aromatic heterocycles. The van der Waals surface area contributed by atoms with Crippen molar-refractivity contribution in [3.8, 4) is 5.75 Å². The van der Waals surface area contributed by atoms with Crippen molar-refractivity contribution in [3.05, 3.63) is 29.3 Å². The number of carbonyl (C=O) groups is 2. The predicted molar refractivity (Wildman–Crippen MR) is 81.9 cm³/mol. The average molecular weight is 309 g/mol. The zero-order valence-electron chi connectivity index (χ0n) is 12.2. The highest BCUT2D eigenvalue weighted by Gasteiger charge is 2.32. The number of rotatable bonds is 4. The number of aryl methyl sites for hydroxylation is 2. The molecule has 0 bridgehead atoms. The number of ether oxygens (including phenoxy) is 1. The summed E-state index contributed by atoms with van der Waals surface area (Å²) in [6.07, 6.45) is 0. The molecule has 1 N–H and O–H groups in total. The van der Waals surface area contributed by atoms with Crippen LogP contribution in [-0.4, -0.2) is 52.6 Å². The summed E-state index contributed by atoms with van der Waals surface area (Å²) in [4.78, 5) is 24.8. The number of nitrogens with zero attached hydrogens (tertiary/aromatic N) is 1. The summed E-state index contributed by atoms with van der Waals surface area (Å²) in [5, 5.41) is 9.18. The Balaban J connectivity index is 2.00. The Labute approximate surface area is 128 Å². The van der Waals surface area contributed by atoms with Crippen LogP contribution in [0.4, 0.5) is 0 Å². The van der Waals surface area contributed by atoms with Crippen LogP contribution in [-0.2, 0) is 9.59 Å². The quantitative estimate of drug-likeness (QED) is 0.917. The molecule has 1 aliphatic heterocycles. The lowest BCUT2D eigenvalue weighted by Gasteiger charge is -2.32. The largest absolute Gasteiger partial charge is 0.483 e. The van der Waals surface area contributed by atoms with Crippen molar-refractivity contribution in [2.75, 3.05) is 24.7 Å². The number of hydrogen-bond donors (Lipinski definition) is 1. The van der Waals surface area contributed by atoms with E-state index in [9.17, 15) is 14.7 Å². The number of carbonyl (C=O) groups excluding carboxylic acids is 1. The van der Waals surface area contributed by atoms with E-state index in [0.29, 0.717) is 18.0 Å². The zero-order chi connectivity index (χ0) is 15.4. The molecule has 6 heteroatoms. The maximum atomic E-state index is 12.2. The Bertz CT molecular complexity index is 546. The number of aliphatic carboxylic acids is 1. The van der Waals surface area contributed by atoms with E-state index in [1.165, 1.54) is 4.90 Å². The molecule has 1 atom stereocenters. The second kappa shape index (κ2) is 6.85. The molecule has 1 unspecified atom stereocenters. The Morgan fingerprint density at radius 2 is 2.19 bits per heavy atom. The third-order valence-corrected chi connectivity index (χ3v) is 4.45. The molecule has 1 aromatic rings. The highest BCUT2D eigenvalue weighted by atomic mass is 32.2. The summed E-state index contributed by atoms with van der Waals surface area (Å²) in [6.45, 7) is 4.20. The highest BCUT2D eigenvalue weighted by Crippen LogP contribution is 2.20. The minimum absolute atomic E-state index is 0.126. The van der Waals surface area contributed by atoms with Gasteiger partial charge in [-0.2, -0.15) is 11.8 Å². The van der Waals surface area contributed by atoms with Crippen molar-refractivity contribution in [3.63, 3.8) is 0 Å². The number of hydrogen-bond acceptors (Lipinski definition) is 4. The lowest BCUT2D eigenvalue weighted by molar-refractivity contribution is -0.150. The fourth-order valence-electron chi connectivity index (χ4n) is 2.19. The van der Waals surface area contributed by atoms with Gasteiger partial charge in [0.25, 0.3) is 5.91 Å². The third kappa shape index (κ3) is 3.91. The molecule has 1 saturated heterocycles. The summed E-state index contributed by atoms with van der Waals surface area (Å²) < 4.78 is 5.57. The van der Waals surface area contributed by atoms with Gasteiger partial charge in [0.15, 0.2) is 6.61 Å². The van der Waals surface area contributed by atoms with Gasteiger partial charge < -0.3 is 14.7 Å². The molecule has 1 heterocycles. The van der Waals surface area contributed by atoms with Crippen LogP contribution in [0.25, 0.3) is 0 Å². The molecule has 2 rings (SSSR count). The molecule has 5 nitrogen and oxygen atoms in total. The Morgan fingerprint density at radius 1 is 1.43 bits per heavy atom. The van der Waals surface area contributed by atoms with Gasteiger partial charge >= 0.3 is 5.97 Å². The van der Waals surface area contributed by atoms with E-state index in [2.05, 4.69) is 0 Å². The van der Waals surface area contributed by atoms with E-state index in [1.54, 1.807) is 11.8 Å². The third-order valence-electron chi connectivity index (χ3n) is 3.43. The summed E-state index contributed by atoms with van der Waals surface area (Å²) in [7, 11) is 0. The van der Waals surface area contributed by atoms with Crippen LogP contribution in [0.3, 0.4) is 0 Å². The van der Waals surface area contributed by atoms with Gasteiger partial charge in [-0.15, -0.1) is 0 Å². The molecule has 1 fully saturated rings. The molecule has 0 spiro atoms. The first-order valence-electron chi connectivity index (χ1n) is 6.79. The van der Waals surface area contributed by atoms with Crippen molar-refractivity contribution in [2.45, 2.75) is 19.9 Å². The van der Waals surface area contributed by atoms with Crippen LogP contribution in [0.2, 0.25) is 0 Å². The van der Waals surface area contributed by atoms with Crippen LogP contribution in [0.1, 0.15) is 11.1 Å². The lowest BCUT2D eigenvalue weighted by atomic mass is 10.1. The number of thioether (sulfide) groups is 1. The van der Waals surface area contributed by atoms with Crippen molar-refractivity contribution in [2.24, 2.45) is 0 Å². The van der Waals surface area contributed by atoms with Crippen LogP contribution < -0.4 is 4.74 Å². The standard InChI is InChI=1S/C15H19NO4S/c1-10-3-4-11(2)13(7-10)20-8-14(17)16-5-6-21-9-12(16)15(18)19/h3-4,7,12H,5-6,8-9H2,1-2H3,(H,18,19). The van der Waals surface area contributed by atoms with Gasteiger partial charge in [0.05, 0.1) is 0 Å². The minimum atomic E-state index is -0.956. The molecule has 1 aromatic carbocycles. The normalized spacial score (nSPS) is 18.4. The van der Waals surface area contributed by atoms with Crippen molar-refractivity contribution >= 4 is 23.6 Å². The SMILES string of the molecule is Cc1ccc(C)c(OCC(=O)N2CCSCC2C(=O)O)c1. The van der Waals surface area contributed by atoms with E-state index in [-0.39, 0.29) is 12.5 Å². The first-order chi connectivity index (χ1) is 9.99. The Kier molecular flexibility index (Phi) is 5.12. The van der Waals surface area contributed by atoms with Crippen molar-refractivity contribution in [1.82, 2.24) is 4.90 Å². The van der Waals surface area contributed by atoms with Gasteiger partial charge in [-0.3, -0.25) is 4.79 Å². The molecular formula is C15H19NO4S. The van der Waals surface area contributed by atoms with Crippen LogP contribution >= 0.6 is 11.8 Å². The molecular weight excluding hydrogens is 290 g/mol. The maximum absolute atomic E-state index is 12.2. The van der Waals surface area contributed by atoms with Gasteiger partial charge in [0, 0.05) is 18.1 Å².